The summed E-state index contributed by atoms with van der Waals surface area (Å²) in [6.07, 6.45) is -3.81. The lowest BCUT2D eigenvalue weighted by Crippen LogP contribution is -2.42. The van der Waals surface area contributed by atoms with Crippen LogP contribution < -0.4 is 21.0 Å². The van der Waals surface area contributed by atoms with Crippen molar-refractivity contribution in [3.05, 3.63) is 65.0 Å². The molecule has 15 heteroatoms. The van der Waals surface area contributed by atoms with Crippen LogP contribution in [0.25, 0.3) is 10.8 Å². The van der Waals surface area contributed by atoms with Gasteiger partial charge in [-0.1, -0.05) is 36.4 Å². The van der Waals surface area contributed by atoms with Crippen LogP contribution in [0.2, 0.25) is 0 Å². The van der Waals surface area contributed by atoms with Gasteiger partial charge in [0, 0.05) is 5.39 Å². The number of hydrogen-bond acceptors (Lipinski definition) is 10. The van der Waals surface area contributed by atoms with Gasteiger partial charge in [0.25, 0.3) is 0 Å². The Morgan fingerprint density at radius 3 is 2.68 bits per heavy atom. The monoisotopic (exact) mass is 612 g/mol. The summed E-state index contributed by atoms with van der Waals surface area (Å²) in [4.78, 5) is 26.6. The molecule has 1 aromatic heterocycles. The van der Waals surface area contributed by atoms with Crippen molar-refractivity contribution in [1.29, 1.82) is 0 Å². The number of carbonyl (C=O) groups is 1. The van der Waals surface area contributed by atoms with E-state index in [2.05, 4.69) is 10.1 Å². The van der Waals surface area contributed by atoms with E-state index in [1.54, 1.807) is 38.1 Å². The number of alkyl halides is 1. The number of aliphatic hydroxyl groups is 1. The summed E-state index contributed by atoms with van der Waals surface area (Å²) >= 11 is 6.55. The number of hydrogen-bond donors (Lipinski definition) is 3. The number of rotatable bonds is 10. The predicted molar refractivity (Wildman–Crippen MR) is 149 cm³/mol. The Bertz CT molecular complexity index is 1530. The molecule has 0 amide bonds. The standard InChI is InChI=1S/C26H31ClFN4O8P/c1-14(2)38-23(34)15(3)31-41(36,40-19-11-7-9-16-8-5-6-10-17(16)19)37-13-20-21(33)26(4,27)24(39-20)32-12-18(28)22(29)30-25(32)35/h5-12,14-15,20-21,24,33H,13H2,1-4H3,(H,31,36)(H2,29,30,35)/t15-,20-,21-,24-,26-,41+/m1/s1. The number of ether oxygens (including phenoxy) is 2. The minimum absolute atomic E-state index is 0.200. The molecule has 1 saturated heterocycles. The van der Waals surface area contributed by atoms with E-state index in [1.165, 1.54) is 13.8 Å². The van der Waals surface area contributed by atoms with Crippen LogP contribution in [-0.4, -0.2) is 56.5 Å². The van der Waals surface area contributed by atoms with Gasteiger partial charge in [0.15, 0.2) is 17.9 Å². The highest BCUT2D eigenvalue weighted by atomic mass is 35.5. The van der Waals surface area contributed by atoms with Crippen molar-refractivity contribution in [3.63, 3.8) is 0 Å². The first-order chi connectivity index (χ1) is 19.2. The topological polar surface area (TPSA) is 164 Å². The van der Waals surface area contributed by atoms with Gasteiger partial charge in [0.2, 0.25) is 0 Å². The lowest BCUT2D eigenvalue weighted by Gasteiger charge is -2.26. The summed E-state index contributed by atoms with van der Waals surface area (Å²) in [7, 11) is -4.38. The van der Waals surface area contributed by atoms with Crippen molar-refractivity contribution in [2.45, 2.75) is 63.2 Å². The summed E-state index contributed by atoms with van der Waals surface area (Å²) in [6, 6.07) is 11.2. The lowest BCUT2D eigenvalue weighted by molar-refractivity contribution is -0.149. The van der Waals surface area contributed by atoms with Crippen LogP contribution in [0, 0.1) is 5.82 Å². The predicted octanol–water partition coefficient (Wildman–Crippen LogP) is 3.51. The Balaban J connectivity index is 1.60. The molecule has 12 nitrogen and oxygen atoms in total. The number of nitrogens with two attached hydrogens (primary N) is 1. The second kappa shape index (κ2) is 12.0. The van der Waals surface area contributed by atoms with E-state index in [0.717, 1.165) is 16.2 Å². The number of aliphatic hydroxyl groups excluding tert-OH is 1. The number of halogens is 2. The molecule has 0 unspecified atom stereocenters. The number of anilines is 1. The molecule has 6 atom stereocenters. The Labute approximate surface area is 240 Å². The van der Waals surface area contributed by atoms with Gasteiger partial charge >= 0.3 is 19.4 Å². The Hall–Kier alpha value is -3.06. The smallest absolute Gasteiger partial charge is 0.459 e. The molecule has 0 spiro atoms. The number of aromatic nitrogens is 2. The van der Waals surface area contributed by atoms with Crippen LogP contribution in [0.1, 0.15) is 33.9 Å². The number of carbonyl (C=O) groups excluding carboxylic acids is 1. The molecular formula is C26H31ClFN4O8P. The molecule has 1 fully saturated rings. The quantitative estimate of drug-likeness (QED) is 0.174. The van der Waals surface area contributed by atoms with Crippen molar-refractivity contribution >= 4 is 41.9 Å². The third-order valence-electron chi connectivity index (χ3n) is 6.34. The fraction of sp³-hybridized carbons (Fsp3) is 0.423. The van der Waals surface area contributed by atoms with E-state index in [-0.39, 0.29) is 5.75 Å². The van der Waals surface area contributed by atoms with E-state index < -0.39 is 73.1 Å². The molecule has 3 aromatic rings. The molecule has 4 N–H and O–H groups in total. The minimum atomic E-state index is -4.38. The number of esters is 1. The maximum absolute atomic E-state index is 14.1. The zero-order valence-corrected chi connectivity index (χ0v) is 24.3. The van der Waals surface area contributed by atoms with Gasteiger partial charge in [-0.3, -0.25) is 13.9 Å². The zero-order chi connectivity index (χ0) is 30.1. The second-order valence-corrected chi connectivity index (χ2v) is 12.5. The Morgan fingerprint density at radius 1 is 1.29 bits per heavy atom. The SMILES string of the molecule is CC(C)OC(=O)[C@@H](C)N[P@](=O)(OC[C@H]1O[C@@H](n2cc(F)c(N)nc2=O)[C@](C)(Cl)[C@@H]1O)Oc1cccc2ccccc12. The van der Waals surface area contributed by atoms with E-state index >= 15 is 0 Å². The van der Waals surface area contributed by atoms with E-state index in [4.69, 9.17) is 35.9 Å². The molecule has 0 bridgehead atoms. The van der Waals surface area contributed by atoms with Crippen molar-refractivity contribution < 1.29 is 37.4 Å². The van der Waals surface area contributed by atoms with Crippen molar-refractivity contribution in [2.24, 2.45) is 0 Å². The van der Waals surface area contributed by atoms with Gasteiger partial charge in [-0.15, -0.1) is 11.6 Å². The van der Waals surface area contributed by atoms with Gasteiger partial charge in [0.1, 0.15) is 28.9 Å². The third kappa shape index (κ3) is 6.72. The Kier molecular flexibility index (Phi) is 9.07. The molecule has 0 radical (unpaired) electrons. The van der Waals surface area contributed by atoms with E-state index in [1.807, 2.05) is 18.2 Å². The van der Waals surface area contributed by atoms with E-state index in [9.17, 15) is 23.7 Å². The third-order valence-corrected chi connectivity index (χ3v) is 8.38. The summed E-state index contributed by atoms with van der Waals surface area (Å²) < 4.78 is 51.5. The molecule has 1 aliphatic heterocycles. The van der Waals surface area contributed by atoms with Gasteiger partial charge in [0.05, 0.1) is 18.9 Å². The fourth-order valence-electron chi connectivity index (χ4n) is 4.27. The second-order valence-electron chi connectivity index (χ2n) is 9.99. The van der Waals surface area contributed by atoms with Gasteiger partial charge in [-0.05, 0) is 39.1 Å². The average molecular weight is 613 g/mol. The summed E-state index contributed by atoms with van der Waals surface area (Å²) in [6.45, 7) is 5.56. The molecule has 41 heavy (non-hydrogen) atoms. The highest BCUT2D eigenvalue weighted by molar-refractivity contribution is 7.52. The number of nitrogens with zero attached hydrogens (tertiary/aromatic N) is 2. The highest BCUT2D eigenvalue weighted by Crippen LogP contribution is 2.49. The molecular weight excluding hydrogens is 582 g/mol. The average Bonchev–Trinajstić information content (AvgIpc) is 3.13. The number of nitrogens with one attached hydrogen (secondary N) is 1. The van der Waals surface area contributed by atoms with E-state index in [0.29, 0.717) is 5.39 Å². The molecule has 2 aromatic carbocycles. The van der Waals surface area contributed by atoms with Crippen LogP contribution >= 0.6 is 19.3 Å². The van der Waals surface area contributed by atoms with Gasteiger partial charge in [-0.25, -0.2) is 13.8 Å². The summed E-state index contributed by atoms with van der Waals surface area (Å²) in [5.74, 6) is -2.10. The zero-order valence-electron chi connectivity index (χ0n) is 22.7. The molecule has 1 aliphatic rings. The first kappa shape index (κ1) is 30.9. The minimum Gasteiger partial charge on any atom is -0.462 e. The summed E-state index contributed by atoms with van der Waals surface area (Å²) in [5.41, 5.74) is 4.40. The van der Waals surface area contributed by atoms with Crippen LogP contribution in [0.15, 0.2) is 53.5 Å². The molecule has 0 aliphatic carbocycles. The molecule has 222 valence electrons. The first-order valence-electron chi connectivity index (χ1n) is 12.7. The summed E-state index contributed by atoms with van der Waals surface area (Å²) in [5, 5.41) is 14.9. The molecule has 2 heterocycles. The maximum Gasteiger partial charge on any atom is 0.459 e. The van der Waals surface area contributed by atoms with Crippen LogP contribution in [0.5, 0.6) is 5.75 Å². The van der Waals surface area contributed by atoms with Crippen LogP contribution in [0.4, 0.5) is 10.2 Å². The van der Waals surface area contributed by atoms with Crippen molar-refractivity contribution in [2.75, 3.05) is 12.3 Å². The van der Waals surface area contributed by atoms with Crippen molar-refractivity contribution in [1.82, 2.24) is 14.6 Å². The van der Waals surface area contributed by atoms with Crippen LogP contribution in [-0.2, 0) is 23.4 Å². The molecule has 4 rings (SSSR count). The van der Waals surface area contributed by atoms with Gasteiger partial charge < -0.3 is 24.8 Å². The van der Waals surface area contributed by atoms with Crippen LogP contribution in [0.3, 0.4) is 0 Å². The fourth-order valence-corrected chi connectivity index (χ4v) is 6.08. The normalized spacial score (nSPS) is 24.7. The Morgan fingerprint density at radius 2 is 1.98 bits per heavy atom. The highest BCUT2D eigenvalue weighted by Gasteiger charge is 2.54. The maximum atomic E-state index is 14.1. The number of benzene rings is 2. The number of fused-ring (bicyclic) bond motifs is 1. The largest absolute Gasteiger partial charge is 0.462 e. The number of nitrogen functional groups attached to an aromatic ring is 1. The lowest BCUT2D eigenvalue weighted by atomic mass is 10.0. The van der Waals surface area contributed by atoms with Crippen molar-refractivity contribution in [3.8, 4) is 5.75 Å². The molecule has 0 saturated carbocycles. The first-order valence-corrected chi connectivity index (χ1v) is 14.6. The van der Waals surface area contributed by atoms with Gasteiger partial charge in [-0.2, -0.15) is 10.1 Å².